The molecule has 3 amide bonds. The van der Waals surface area contributed by atoms with Crippen molar-refractivity contribution >= 4 is 41.6 Å². The number of nitrogens with one attached hydrogen (secondary N) is 3. The number of carbonyl (C=O) groups is 5. The minimum Gasteiger partial charge on any atom is -0.508 e. The molecule has 0 bridgehead atoms. The molecule has 4 atom stereocenters. The molecule has 4 unspecified atom stereocenters. The van der Waals surface area contributed by atoms with Crippen LogP contribution in [0.4, 0.5) is 0 Å². The first-order chi connectivity index (χ1) is 20.7. The van der Waals surface area contributed by atoms with Crippen molar-refractivity contribution in [2.45, 2.75) is 69.1 Å². The van der Waals surface area contributed by atoms with Crippen molar-refractivity contribution < 1.29 is 39.3 Å². The zero-order valence-electron chi connectivity index (χ0n) is 24.1. The maximum Gasteiger partial charge on any atom is 0.326 e. The van der Waals surface area contributed by atoms with Gasteiger partial charge in [-0.15, -0.1) is 0 Å². The first-order valence-electron chi connectivity index (χ1n) is 13.7. The SMILES string of the molecule is NC(N)=NCCCC(N)C(=O)NC(CCCN=C(N)N)C(=O)NC(Cc1ccc(O)cc1)C(=O)NC(CCC(=O)O)C(=O)O. The van der Waals surface area contributed by atoms with E-state index in [1.807, 2.05) is 0 Å². The van der Waals surface area contributed by atoms with Gasteiger partial charge >= 0.3 is 11.9 Å². The highest BCUT2D eigenvalue weighted by molar-refractivity contribution is 5.94. The highest BCUT2D eigenvalue weighted by Gasteiger charge is 2.30. The smallest absolute Gasteiger partial charge is 0.326 e. The largest absolute Gasteiger partial charge is 0.508 e. The van der Waals surface area contributed by atoms with Gasteiger partial charge in [-0.3, -0.25) is 29.2 Å². The van der Waals surface area contributed by atoms with E-state index in [1.165, 1.54) is 24.3 Å². The summed E-state index contributed by atoms with van der Waals surface area (Å²) in [5.74, 6) is -5.39. The van der Waals surface area contributed by atoms with Crippen molar-refractivity contribution in [3.63, 3.8) is 0 Å². The molecule has 0 fully saturated rings. The lowest BCUT2D eigenvalue weighted by Crippen LogP contribution is -2.57. The number of amides is 3. The van der Waals surface area contributed by atoms with Crippen LogP contribution in [0.25, 0.3) is 0 Å². The first-order valence-corrected chi connectivity index (χ1v) is 13.7. The molecule has 16 N–H and O–H groups in total. The maximum absolute atomic E-state index is 13.4. The van der Waals surface area contributed by atoms with Gasteiger partial charge in [0.05, 0.1) is 6.04 Å². The molecule has 0 heterocycles. The molecule has 244 valence electrons. The number of aromatic hydroxyl groups is 1. The Bertz CT molecular complexity index is 1180. The zero-order chi connectivity index (χ0) is 33.2. The molecule has 1 aromatic rings. The van der Waals surface area contributed by atoms with Crippen LogP contribution < -0.4 is 44.6 Å². The molecule has 0 saturated carbocycles. The predicted molar refractivity (Wildman–Crippen MR) is 160 cm³/mol. The lowest BCUT2D eigenvalue weighted by Gasteiger charge is -2.25. The number of carboxylic acids is 2. The lowest BCUT2D eigenvalue weighted by atomic mass is 10.0. The fraction of sp³-hybridized carbons (Fsp3) is 0.500. The van der Waals surface area contributed by atoms with Gasteiger partial charge < -0.3 is 59.9 Å². The Morgan fingerprint density at radius 3 is 1.73 bits per heavy atom. The summed E-state index contributed by atoms with van der Waals surface area (Å²) in [6.45, 7) is 0.372. The number of guanidine groups is 2. The minimum absolute atomic E-state index is 0.0407. The summed E-state index contributed by atoms with van der Waals surface area (Å²) < 4.78 is 0. The third kappa shape index (κ3) is 15.2. The second-order valence-electron chi connectivity index (χ2n) is 9.83. The van der Waals surface area contributed by atoms with E-state index >= 15 is 0 Å². The summed E-state index contributed by atoms with van der Waals surface area (Å²) in [7, 11) is 0. The maximum atomic E-state index is 13.4. The number of benzene rings is 1. The van der Waals surface area contributed by atoms with Gasteiger partial charge in [0.25, 0.3) is 0 Å². The average Bonchev–Trinajstić information content (AvgIpc) is 2.94. The summed E-state index contributed by atoms with van der Waals surface area (Å²) in [5.41, 5.74) is 27.7. The van der Waals surface area contributed by atoms with Crippen molar-refractivity contribution in [3.05, 3.63) is 29.8 Å². The van der Waals surface area contributed by atoms with Gasteiger partial charge in [-0.25, -0.2) is 4.79 Å². The third-order valence-electron chi connectivity index (χ3n) is 6.15. The van der Waals surface area contributed by atoms with Gasteiger partial charge in [0.1, 0.15) is 23.9 Å². The second kappa shape index (κ2) is 19.1. The molecule has 0 aliphatic heterocycles. The highest BCUT2D eigenvalue weighted by Crippen LogP contribution is 2.13. The summed E-state index contributed by atoms with van der Waals surface area (Å²) in [6.07, 6.45) is -0.190. The van der Waals surface area contributed by atoms with Gasteiger partial charge in [0.2, 0.25) is 17.7 Å². The summed E-state index contributed by atoms with van der Waals surface area (Å²) in [5, 5.41) is 35.4. The van der Waals surface area contributed by atoms with E-state index < -0.39 is 66.7 Å². The summed E-state index contributed by atoms with van der Waals surface area (Å²) >= 11 is 0. The number of phenols is 1. The molecule has 1 aromatic carbocycles. The van der Waals surface area contributed by atoms with Gasteiger partial charge in [-0.2, -0.15) is 0 Å². The predicted octanol–water partition coefficient (Wildman–Crippen LogP) is -3.23. The van der Waals surface area contributed by atoms with Crippen LogP contribution in [0.15, 0.2) is 34.3 Å². The van der Waals surface area contributed by atoms with Crippen LogP contribution in [0.3, 0.4) is 0 Å². The van der Waals surface area contributed by atoms with Crippen LogP contribution in [0.1, 0.15) is 44.1 Å². The van der Waals surface area contributed by atoms with Crippen molar-refractivity contribution in [1.82, 2.24) is 16.0 Å². The van der Waals surface area contributed by atoms with Crippen molar-refractivity contribution in [1.29, 1.82) is 0 Å². The van der Waals surface area contributed by atoms with E-state index in [4.69, 9.17) is 33.8 Å². The number of nitrogens with zero attached hydrogens (tertiary/aromatic N) is 2. The number of rotatable bonds is 20. The van der Waals surface area contributed by atoms with Crippen LogP contribution in [0.5, 0.6) is 5.75 Å². The zero-order valence-corrected chi connectivity index (χ0v) is 24.1. The summed E-state index contributed by atoms with van der Waals surface area (Å²) in [6, 6.07) is 0.597. The molecule has 44 heavy (non-hydrogen) atoms. The Kier molecular flexibility index (Phi) is 16.0. The standard InChI is InChI=1S/C26H42N10O8/c27-16(3-1-11-32-25(28)29)21(40)34-17(4-2-12-33-26(30)31)22(41)36-19(13-14-5-7-15(37)8-6-14)23(42)35-18(24(43)44)9-10-20(38)39/h5-8,16-19,37H,1-4,9-13,27H2,(H,34,40)(H,35,42)(H,36,41)(H,38,39)(H,43,44)(H4,28,29,32)(H4,30,31,33). The highest BCUT2D eigenvalue weighted by atomic mass is 16.4. The lowest BCUT2D eigenvalue weighted by molar-refractivity contribution is -0.143. The quantitative estimate of drug-likeness (QED) is 0.0387. The molecule has 18 heteroatoms. The molecular formula is C26H42N10O8. The minimum atomic E-state index is -1.55. The Labute approximate surface area is 253 Å². The Morgan fingerprint density at radius 2 is 1.20 bits per heavy atom. The van der Waals surface area contributed by atoms with Crippen LogP contribution in [0, 0.1) is 0 Å². The molecule has 0 aliphatic carbocycles. The summed E-state index contributed by atoms with van der Waals surface area (Å²) in [4.78, 5) is 69.8. The average molecular weight is 623 g/mol. The molecular weight excluding hydrogens is 580 g/mol. The number of hydrogen-bond donors (Lipinski definition) is 11. The Hall–Kier alpha value is -5.13. The first kappa shape index (κ1) is 36.9. The van der Waals surface area contributed by atoms with Crippen LogP contribution in [0.2, 0.25) is 0 Å². The van der Waals surface area contributed by atoms with Gasteiger partial charge in [-0.05, 0) is 49.8 Å². The topological polar surface area (TPSA) is 337 Å². The van der Waals surface area contributed by atoms with Crippen molar-refractivity contribution in [3.8, 4) is 5.75 Å². The van der Waals surface area contributed by atoms with Gasteiger partial charge in [0, 0.05) is 25.9 Å². The monoisotopic (exact) mass is 622 g/mol. The molecule has 18 nitrogen and oxygen atoms in total. The Morgan fingerprint density at radius 1 is 0.705 bits per heavy atom. The fourth-order valence-corrected chi connectivity index (χ4v) is 3.85. The van der Waals surface area contributed by atoms with E-state index in [1.54, 1.807) is 0 Å². The number of phenolic OH excluding ortho intramolecular Hbond substituents is 1. The molecule has 0 saturated heterocycles. The number of nitrogens with two attached hydrogens (primary N) is 5. The molecule has 0 aliphatic rings. The molecule has 0 radical (unpaired) electrons. The normalized spacial score (nSPS) is 13.3. The van der Waals surface area contributed by atoms with E-state index in [0.29, 0.717) is 12.0 Å². The number of carboxylic acid groups (broad SMARTS) is 2. The van der Waals surface area contributed by atoms with Crippen LogP contribution >= 0.6 is 0 Å². The number of aliphatic imine (C=N–C) groups is 2. The number of aliphatic carboxylic acids is 2. The molecule has 0 aromatic heterocycles. The number of hydrogen-bond acceptors (Lipinski definition) is 9. The van der Waals surface area contributed by atoms with E-state index in [9.17, 15) is 34.2 Å². The van der Waals surface area contributed by atoms with Crippen molar-refractivity contribution in [2.75, 3.05) is 13.1 Å². The van der Waals surface area contributed by atoms with E-state index in [2.05, 4.69) is 25.9 Å². The second-order valence-corrected chi connectivity index (χ2v) is 9.83. The Balaban J connectivity index is 3.17. The van der Waals surface area contributed by atoms with Crippen LogP contribution in [-0.4, -0.2) is 94.2 Å². The third-order valence-corrected chi connectivity index (χ3v) is 6.15. The molecule has 0 spiro atoms. The van der Waals surface area contributed by atoms with E-state index in [0.717, 1.165) is 0 Å². The van der Waals surface area contributed by atoms with Gasteiger partial charge in [0.15, 0.2) is 11.9 Å². The molecule has 1 rings (SSSR count). The fourth-order valence-electron chi connectivity index (χ4n) is 3.85. The van der Waals surface area contributed by atoms with Crippen LogP contribution in [-0.2, 0) is 30.4 Å². The van der Waals surface area contributed by atoms with Gasteiger partial charge in [-0.1, -0.05) is 12.1 Å². The van der Waals surface area contributed by atoms with E-state index in [-0.39, 0.29) is 56.4 Å². The van der Waals surface area contributed by atoms with Crippen molar-refractivity contribution in [2.24, 2.45) is 38.7 Å². The number of carbonyl (C=O) groups excluding carboxylic acids is 3.